The first-order chi connectivity index (χ1) is 12.8. The standard InChI is InChI=1S/C16H17BrN6O4/c1-21-11-13(22(2)16(26)23(3)14(11)25)19-15(21)20-18-7-8-5-9(17)6-10(27-4)12(8)24/h5-7,24H,1-4H3,(H,19,20). The van der Waals surface area contributed by atoms with Gasteiger partial charge in [-0.3, -0.25) is 13.9 Å². The number of rotatable bonds is 4. The summed E-state index contributed by atoms with van der Waals surface area (Å²) in [4.78, 5) is 28.7. The fourth-order valence-electron chi connectivity index (χ4n) is 2.63. The monoisotopic (exact) mass is 436 g/mol. The Morgan fingerprint density at radius 3 is 2.59 bits per heavy atom. The summed E-state index contributed by atoms with van der Waals surface area (Å²) in [6, 6.07) is 3.29. The molecule has 0 saturated carbocycles. The molecule has 0 atom stereocenters. The van der Waals surface area contributed by atoms with E-state index in [9.17, 15) is 14.7 Å². The van der Waals surface area contributed by atoms with Crippen molar-refractivity contribution < 1.29 is 9.84 Å². The normalized spacial score (nSPS) is 11.4. The van der Waals surface area contributed by atoms with Crippen molar-refractivity contribution in [3.05, 3.63) is 43.0 Å². The highest BCUT2D eigenvalue weighted by Gasteiger charge is 2.16. The van der Waals surface area contributed by atoms with Crippen molar-refractivity contribution in [1.82, 2.24) is 18.7 Å². The molecule has 27 heavy (non-hydrogen) atoms. The van der Waals surface area contributed by atoms with Crippen molar-refractivity contribution in [3.63, 3.8) is 0 Å². The number of aryl methyl sites for hydroxylation is 2. The predicted octanol–water partition coefficient (Wildman–Crippen LogP) is 0.893. The van der Waals surface area contributed by atoms with Gasteiger partial charge in [-0.15, -0.1) is 0 Å². The number of ether oxygens (including phenoxy) is 1. The second kappa shape index (κ2) is 6.91. The van der Waals surface area contributed by atoms with Gasteiger partial charge in [0.2, 0.25) is 5.95 Å². The van der Waals surface area contributed by atoms with Crippen LogP contribution in [0.3, 0.4) is 0 Å². The van der Waals surface area contributed by atoms with Gasteiger partial charge < -0.3 is 14.4 Å². The second-order valence-corrected chi connectivity index (χ2v) is 6.70. The average molecular weight is 437 g/mol. The topological polar surface area (TPSA) is 116 Å². The third-order valence-electron chi connectivity index (χ3n) is 4.13. The van der Waals surface area contributed by atoms with E-state index in [0.717, 1.165) is 4.57 Å². The van der Waals surface area contributed by atoms with Crippen molar-refractivity contribution in [1.29, 1.82) is 0 Å². The van der Waals surface area contributed by atoms with Gasteiger partial charge in [-0.25, -0.2) is 10.2 Å². The lowest BCUT2D eigenvalue weighted by molar-refractivity contribution is 0.373. The van der Waals surface area contributed by atoms with Crippen molar-refractivity contribution in [2.45, 2.75) is 0 Å². The molecule has 0 bridgehead atoms. The molecule has 11 heteroatoms. The Labute approximate surface area is 161 Å². The van der Waals surface area contributed by atoms with E-state index in [1.54, 1.807) is 19.2 Å². The summed E-state index contributed by atoms with van der Waals surface area (Å²) in [6.45, 7) is 0. The lowest BCUT2D eigenvalue weighted by Crippen LogP contribution is -2.37. The van der Waals surface area contributed by atoms with Gasteiger partial charge in [0.25, 0.3) is 5.56 Å². The molecule has 142 valence electrons. The Hall–Kier alpha value is -3.08. The molecule has 2 N–H and O–H groups in total. The number of hydrazone groups is 1. The van der Waals surface area contributed by atoms with Gasteiger partial charge in [-0.1, -0.05) is 15.9 Å². The number of benzene rings is 1. The summed E-state index contributed by atoms with van der Waals surface area (Å²) in [5.74, 6) is 0.501. The number of phenolic OH excluding ortho intramolecular Hbond substituents is 1. The predicted molar refractivity (Wildman–Crippen MR) is 105 cm³/mol. The summed E-state index contributed by atoms with van der Waals surface area (Å²) < 4.78 is 9.61. The number of imidazole rings is 1. The van der Waals surface area contributed by atoms with E-state index < -0.39 is 11.2 Å². The number of methoxy groups -OCH3 is 1. The third-order valence-corrected chi connectivity index (χ3v) is 4.59. The third kappa shape index (κ3) is 3.10. The summed E-state index contributed by atoms with van der Waals surface area (Å²) in [5, 5.41) is 14.2. The van der Waals surface area contributed by atoms with Gasteiger partial charge in [-0.05, 0) is 12.1 Å². The van der Waals surface area contributed by atoms with Gasteiger partial charge in [0, 0.05) is 31.2 Å². The Bertz CT molecular complexity index is 1190. The fourth-order valence-corrected chi connectivity index (χ4v) is 3.08. The van der Waals surface area contributed by atoms with Crippen LogP contribution in [0.25, 0.3) is 11.2 Å². The van der Waals surface area contributed by atoms with Gasteiger partial charge in [-0.2, -0.15) is 10.1 Å². The number of aromatic hydroxyl groups is 1. The summed E-state index contributed by atoms with van der Waals surface area (Å²) in [7, 11) is 6.03. The first kappa shape index (κ1) is 18.7. The van der Waals surface area contributed by atoms with Crippen molar-refractivity contribution in [2.75, 3.05) is 12.5 Å². The van der Waals surface area contributed by atoms with Crippen LogP contribution in [-0.2, 0) is 21.1 Å². The molecule has 0 aliphatic heterocycles. The molecule has 0 amide bonds. The Balaban J connectivity index is 2.01. The van der Waals surface area contributed by atoms with E-state index in [4.69, 9.17) is 4.74 Å². The zero-order valence-electron chi connectivity index (χ0n) is 15.0. The van der Waals surface area contributed by atoms with Crippen LogP contribution in [0.5, 0.6) is 11.5 Å². The van der Waals surface area contributed by atoms with Crippen LogP contribution < -0.4 is 21.4 Å². The van der Waals surface area contributed by atoms with Gasteiger partial charge >= 0.3 is 5.69 Å². The molecule has 2 heterocycles. The van der Waals surface area contributed by atoms with Crippen LogP contribution >= 0.6 is 15.9 Å². The smallest absolute Gasteiger partial charge is 0.332 e. The van der Waals surface area contributed by atoms with Crippen LogP contribution in [0.2, 0.25) is 0 Å². The van der Waals surface area contributed by atoms with Gasteiger partial charge in [0.15, 0.2) is 22.7 Å². The van der Waals surface area contributed by atoms with E-state index in [1.807, 2.05) is 0 Å². The molecule has 0 aliphatic rings. The SMILES string of the molecule is COc1cc(Br)cc(C=NNc2nc3c(c(=O)n(C)c(=O)n3C)n2C)c1O. The second-order valence-electron chi connectivity index (χ2n) is 5.79. The number of halogens is 1. The number of aromatic nitrogens is 4. The zero-order chi connectivity index (χ0) is 19.9. The number of phenols is 1. The molecule has 1 aromatic carbocycles. The number of fused-ring (bicyclic) bond motifs is 1. The first-order valence-corrected chi connectivity index (χ1v) is 8.53. The highest BCUT2D eigenvalue weighted by Crippen LogP contribution is 2.32. The van der Waals surface area contributed by atoms with E-state index in [0.29, 0.717) is 15.8 Å². The fraction of sp³-hybridized carbons (Fsp3) is 0.250. The summed E-state index contributed by atoms with van der Waals surface area (Å²) in [5.41, 5.74) is 2.73. The molecule has 0 aliphatic carbocycles. The number of anilines is 1. The highest BCUT2D eigenvalue weighted by atomic mass is 79.9. The maximum atomic E-state index is 12.4. The molecular formula is C16H17BrN6O4. The van der Waals surface area contributed by atoms with Crippen molar-refractivity contribution in [3.8, 4) is 11.5 Å². The molecular weight excluding hydrogens is 420 g/mol. The van der Waals surface area contributed by atoms with E-state index in [1.165, 1.54) is 36.6 Å². The quantitative estimate of drug-likeness (QED) is 0.463. The van der Waals surface area contributed by atoms with Crippen LogP contribution in [-0.4, -0.2) is 37.1 Å². The van der Waals surface area contributed by atoms with E-state index >= 15 is 0 Å². The molecule has 0 radical (unpaired) electrons. The summed E-state index contributed by atoms with van der Waals surface area (Å²) >= 11 is 3.33. The highest BCUT2D eigenvalue weighted by molar-refractivity contribution is 9.10. The maximum Gasteiger partial charge on any atom is 0.332 e. The largest absolute Gasteiger partial charge is 0.504 e. The number of hydrogen-bond donors (Lipinski definition) is 2. The van der Waals surface area contributed by atoms with Gasteiger partial charge in [0.1, 0.15) is 0 Å². The van der Waals surface area contributed by atoms with E-state index in [2.05, 4.69) is 31.4 Å². The average Bonchev–Trinajstić information content (AvgIpc) is 2.97. The molecule has 0 spiro atoms. The lowest BCUT2D eigenvalue weighted by atomic mass is 10.2. The maximum absolute atomic E-state index is 12.4. The minimum atomic E-state index is -0.466. The molecule has 3 aromatic rings. The van der Waals surface area contributed by atoms with Crippen LogP contribution in [0.15, 0.2) is 31.3 Å². The Kier molecular flexibility index (Phi) is 4.79. The minimum Gasteiger partial charge on any atom is -0.504 e. The Morgan fingerprint density at radius 1 is 1.22 bits per heavy atom. The van der Waals surface area contributed by atoms with Gasteiger partial charge in [0.05, 0.1) is 13.3 Å². The molecule has 3 rings (SSSR count). The van der Waals surface area contributed by atoms with E-state index in [-0.39, 0.29) is 22.9 Å². The van der Waals surface area contributed by atoms with Crippen LogP contribution in [0.1, 0.15) is 5.56 Å². The van der Waals surface area contributed by atoms with Crippen molar-refractivity contribution >= 4 is 39.3 Å². The lowest BCUT2D eigenvalue weighted by Gasteiger charge is -2.06. The van der Waals surface area contributed by atoms with Crippen molar-refractivity contribution in [2.24, 2.45) is 26.2 Å². The molecule has 10 nitrogen and oxygen atoms in total. The number of hydrogen-bond acceptors (Lipinski definition) is 7. The molecule has 0 unspecified atom stereocenters. The van der Waals surface area contributed by atoms with Crippen LogP contribution in [0, 0.1) is 0 Å². The first-order valence-electron chi connectivity index (χ1n) is 7.74. The molecule has 0 fully saturated rings. The molecule has 0 saturated heterocycles. The zero-order valence-corrected chi connectivity index (χ0v) is 16.6. The van der Waals surface area contributed by atoms with Crippen LogP contribution in [0.4, 0.5) is 5.95 Å². The molecule has 2 aromatic heterocycles. The Morgan fingerprint density at radius 2 is 1.93 bits per heavy atom. The minimum absolute atomic E-state index is 0.0625. The summed E-state index contributed by atoms with van der Waals surface area (Å²) in [6.07, 6.45) is 1.39. The number of nitrogens with one attached hydrogen (secondary N) is 1. The number of nitrogens with zero attached hydrogens (tertiary/aromatic N) is 5.